The molecule has 1 atom stereocenters. The molecule has 0 aromatic carbocycles. The number of amides is 1. The Labute approximate surface area is 121 Å². The van der Waals surface area contributed by atoms with Crippen LogP contribution in [0.1, 0.15) is 31.7 Å². The van der Waals surface area contributed by atoms with Crippen molar-refractivity contribution in [2.45, 2.75) is 39.2 Å². The lowest BCUT2D eigenvalue weighted by Gasteiger charge is -2.09. The van der Waals surface area contributed by atoms with Crippen LogP contribution in [0.25, 0.3) is 0 Å². The Morgan fingerprint density at radius 1 is 1.55 bits per heavy atom. The number of carbonyl (C=O) groups excluding carboxylic acids is 1. The van der Waals surface area contributed by atoms with Crippen molar-refractivity contribution in [1.29, 1.82) is 0 Å². The molecule has 0 fully saturated rings. The minimum atomic E-state index is -0.482. The molecule has 0 bridgehead atoms. The second kappa shape index (κ2) is 6.65. The average Bonchev–Trinajstić information content (AvgIpc) is 3.03. The van der Waals surface area contributed by atoms with E-state index in [0.717, 1.165) is 23.6 Å². The Kier molecular flexibility index (Phi) is 4.89. The van der Waals surface area contributed by atoms with Gasteiger partial charge in [-0.2, -0.15) is 0 Å². The van der Waals surface area contributed by atoms with Crippen LogP contribution >= 0.6 is 11.3 Å². The van der Waals surface area contributed by atoms with Gasteiger partial charge in [-0.15, -0.1) is 10.2 Å². The van der Waals surface area contributed by atoms with E-state index < -0.39 is 6.10 Å². The number of aryl methyl sites for hydroxylation is 1. The second-order valence-electron chi connectivity index (χ2n) is 4.96. The molecule has 20 heavy (non-hydrogen) atoms. The zero-order valence-electron chi connectivity index (χ0n) is 11.6. The molecule has 1 aliphatic rings. The maximum absolute atomic E-state index is 11.9. The normalized spacial score (nSPS) is 17.9. The molecule has 3 N–H and O–H groups in total. The van der Waals surface area contributed by atoms with Crippen LogP contribution in [0.3, 0.4) is 0 Å². The zero-order valence-corrected chi connectivity index (χ0v) is 12.4. The van der Waals surface area contributed by atoms with Gasteiger partial charge >= 0.3 is 0 Å². The number of oxime groups is 1. The highest BCUT2D eigenvalue weighted by molar-refractivity contribution is 7.15. The fraction of sp³-hybridized carbons (Fsp3) is 0.667. The molecule has 110 valence electrons. The molecule has 7 nitrogen and oxygen atoms in total. The molecular formula is C12H19N5O2S. The van der Waals surface area contributed by atoms with E-state index in [9.17, 15) is 4.79 Å². The molecule has 1 aromatic heterocycles. The SMILES string of the molecule is CC(C)C1=NO[C@@H](C(=O)NCCCc2nnc(N)s2)C1. The van der Waals surface area contributed by atoms with Gasteiger partial charge in [-0.25, -0.2) is 0 Å². The lowest BCUT2D eigenvalue weighted by Crippen LogP contribution is -2.35. The summed E-state index contributed by atoms with van der Waals surface area (Å²) in [5, 5.41) is 15.8. The molecule has 1 amide bonds. The van der Waals surface area contributed by atoms with E-state index in [2.05, 4.69) is 20.7 Å². The highest BCUT2D eigenvalue weighted by atomic mass is 32.1. The third-order valence-electron chi connectivity index (χ3n) is 3.00. The van der Waals surface area contributed by atoms with Crippen molar-refractivity contribution in [2.75, 3.05) is 12.3 Å². The topological polar surface area (TPSA) is 102 Å². The number of nitrogen functional groups attached to an aromatic ring is 1. The molecule has 0 spiro atoms. The van der Waals surface area contributed by atoms with Crippen LogP contribution < -0.4 is 11.1 Å². The fourth-order valence-corrected chi connectivity index (χ4v) is 2.46. The Morgan fingerprint density at radius 2 is 2.35 bits per heavy atom. The van der Waals surface area contributed by atoms with Gasteiger partial charge in [0.05, 0.1) is 5.71 Å². The Morgan fingerprint density at radius 3 is 2.95 bits per heavy atom. The average molecular weight is 297 g/mol. The lowest BCUT2D eigenvalue weighted by molar-refractivity contribution is -0.131. The molecule has 0 radical (unpaired) electrons. The largest absolute Gasteiger partial charge is 0.382 e. The molecule has 1 aromatic rings. The summed E-state index contributed by atoms with van der Waals surface area (Å²) in [6, 6.07) is 0. The number of anilines is 1. The third-order valence-corrected chi connectivity index (χ3v) is 3.81. The minimum absolute atomic E-state index is 0.110. The minimum Gasteiger partial charge on any atom is -0.382 e. The van der Waals surface area contributed by atoms with Crippen molar-refractivity contribution < 1.29 is 9.63 Å². The molecular weight excluding hydrogens is 278 g/mol. The molecule has 8 heteroatoms. The fourth-order valence-electron chi connectivity index (χ4n) is 1.81. The third kappa shape index (κ3) is 3.89. The van der Waals surface area contributed by atoms with Crippen molar-refractivity contribution in [2.24, 2.45) is 11.1 Å². The maximum Gasteiger partial charge on any atom is 0.264 e. The number of aromatic nitrogens is 2. The number of hydrogen-bond acceptors (Lipinski definition) is 7. The second-order valence-corrected chi connectivity index (χ2v) is 6.06. The number of hydrogen-bond donors (Lipinski definition) is 2. The van der Waals surface area contributed by atoms with Gasteiger partial charge in [0.2, 0.25) is 11.2 Å². The van der Waals surface area contributed by atoms with Crippen molar-refractivity contribution >= 4 is 28.1 Å². The van der Waals surface area contributed by atoms with Gasteiger partial charge in [-0.1, -0.05) is 30.3 Å². The van der Waals surface area contributed by atoms with Crippen LogP contribution in [-0.4, -0.2) is 34.5 Å². The van der Waals surface area contributed by atoms with E-state index in [1.165, 1.54) is 11.3 Å². The van der Waals surface area contributed by atoms with Crippen LogP contribution in [0.2, 0.25) is 0 Å². The van der Waals surface area contributed by atoms with Crippen molar-refractivity contribution in [3.63, 3.8) is 0 Å². The molecule has 2 rings (SSSR count). The van der Waals surface area contributed by atoms with Gasteiger partial charge in [0, 0.05) is 19.4 Å². The summed E-state index contributed by atoms with van der Waals surface area (Å²) in [6.45, 7) is 4.65. The number of nitrogens with zero attached hydrogens (tertiary/aromatic N) is 3. The highest BCUT2D eigenvalue weighted by Crippen LogP contribution is 2.16. The molecule has 0 unspecified atom stereocenters. The number of nitrogens with one attached hydrogen (secondary N) is 1. The first-order valence-corrected chi connectivity index (χ1v) is 7.46. The maximum atomic E-state index is 11.9. The zero-order chi connectivity index (χ0) is 14.5. The molecule has 0 saturated heterocycles. The van der Waals surface area contributed by atoms with Gasteiger partial charge in [-0.3, -0.25) is 4.79 Å². The van der Waals surface area contributed by atoms with Crippen LogP contribution in [0.5, 0.6) is 0 Å². The summed E-state index contributed by atoms with van der Waals surface area (Å²) < 4.78 is 0. The summed E-state index contributed by atoms with van der Waals surface area (Å²) in [4.78, 5) is 17.0. The van der Waals surface area contributed by atoms with E-state index in [-0.39, 0.29) is 5.91 Å². The van der Waals surface area contributed by atoms with Gasteiger partial charge in [0.15, 0.2) is 0 Å². The monoisotopic (exact) mass is 297 g/mol. The number of rotatable bonds is 6. The summed E-state index contributed by atoms with van der Waals surface area (Å²) >= 11 is 1.38. The first kappa shape index (κ1) is 14.7. The Hall–Kier alpha value is -1.70. The van der Waals surface area contributed by atoms with Crippen LogP contribution in [0.15, 0.2) is 5.16 Å². The van der Waals surface area contributed by atoms with Gasteiger partial charge < -0.3 is 15.9 Å². The van der Waals surface area contributed by atoms with E-state index in [1.54, 1.807) is 0 Å². The number of carbonyl (C=O) groups is 1. The standard InChI is InChI=1S/C12H19N5O2S/c1-7(2)8-6-9(19-17-8)11(18)14-5-3-4-10-15-16-12(13)20-10/h7,9H,3-6H2,1-2H3,(H2,13,16)(H,14,18)/t9-/m1/s1. The lowest BCUT2D eigenvalue weighted by atomic mass is 10.0. The van der Waals surface area contributed by atoms with E-state index >= 15 is 0 Å². The first-order valence-electron chi connectivity index (χ1n) is 6.64. The summed E-state index contributed by atoms with van der Waals surface area (Å²) in [7, 11) is 0. The highest BCUT2D eigenvalue weighted by Gasteiger charge is 2.28. The predicted molar refractivity (Wildman–Crippen MR) is 77.4 cm³/mol. The molecule has 2 heterocycles. The Balaban J connectivity index is 1.64. The van der Waals surface area contributed by atoms with Crippen LogP contribution in [0, 0.1) is 5.92 Å². The van der Waals surface area contributed by atoms with Crippen LogP contribution in [0.4, 0.5) is 5.13 Å². The number of nitrogens with two attached hydrogens (primary N) is 1. The van der Waals surface area contributed by atoms with E-state index in [0.29, 0.717) is 24.0 Å². The molecule has 0 saturated carbocycles. The van der Waals surface area contributed by atoms with E-state index in [1.807, 2.05) is 13.8 Å². The van der Waals surface area contributed by atoms with Gasteiger partial charge in [0.1, 0.15) is 5.01 Å². The molecule has 0 aliphatic carbocycles. The Bertz CT molecular complexity index is 500. The molecule has 1 aliphatic heterocycles. The predicted octanol–water partition coefficient (Wildman–Crippen LogP) is 0.970. The first-order chi connectivity index (χ1) is 9.56. The van der Waals surface area contributed by atoms with Crippen molar-refractivity contribution in [1.82, 2.24) is 15.5 Å². The summed E-state index contributed by atoms with van der Waals surface area (Å²) in [6.07, 6.45) is 1.65. The van der Waals surface area contributed by atoms with Gasteiger partial charge in [-0.05, 0) is 12.3 Å². The smallest absolute Gasteiger partial charge is 0.264 e. The summed E-state index contributed by atoms with van der Waals surface area (Å²) in [5.74, 6) is 0.205. The van der Waals surface area contributed by atoms with E-state index in [4.69, 9.17) is 10.6 Å². The van der Waals surface area contributed by atoms with Gasteiger partial charge in [0.25, 0.3) is 5.91 Å². The van der Waals surface area contributed by atoms with Crippen LogP contribution in [-0.2, 0) is 16.1 Å². The van der Waals surface area contributed by atoms with Crippen molar-refractivity contribution in [3.8, 4) is 0 Å². The quantitative estimate of drug-likeness (QED) is 0.762. The van der Waals surface area contributed by atoms with Crippen molar-refractivity contribution in [3.05, 3.63) is 5.01 Å². The summed E-state index contributed by atoms with van der Waals surface area (Å²) in [5.41, 5.74) is 6.44.